The van der Waals surface area contributed by atoms with E-state index in [0.29, 0.717) is 43.2 Å². The Labute approximate surface area is 429 Å². The van der Waals surface area contributed by atoms with E-state index in [0.717, 1.165) is 5.57 Å². The molecule has 0 spiro atoms. The van der Waals surface area contributed by atoms with Crippen molar-refractivity contribution < 1.29 is 87.2 Å². The molecule has 6 fully saturated rings. The first-order valence-electron chi connectivity index (χ1n) is 26.3. The maximum Gasteiger partial charge on any atom is 0.338 e. The largest absolute Gasteiger partial charge is 0.458 e. The molecule has 0 aromatic heterocycles. The van der Waals surface area contributed by atoms with Crippen LogP contribution in [0.15, 0.2) is 53.6 Å². The van der Waals surface area contributed by atoms with Crippen molar-refractivity contribution in [2.75, 3.05) is 21.3 Å². The highest BCUT2D eigenvalue weighted by Crippen LogP contribution is 2.71. The zero-order valence-electron chi connectivity index (χ0n) is 44.7. The molecule has 1 aromatic rings. The third kappa shape index (κ3) is 9.59. The van der Waals surface area contributed by atoms with Crippen molar-refractivity contribution in [2.24, 2.45) is 16.7 Å². The Morgan fingerprint density at radius 1 is 0.822 bits per heavy atom. The number of carbonyl (C=O) groups is 2. The zero-order valence-corrected chi connectivity index (χ0v) is 44.7. The number of benzene rings is 1. The number of allylic oxidation sites excluding steroid dienone is 1. The fourth-order valence-electron chi connectivity index (χ4n) is 14.2. The van der Waals surface area contributed by atoms with Crippen LogP contribution in [0.25, 0.3) is 0 Å². The molecule has 1 aromatic carbocycles. The third-order valence-corrected chi connectivity index (χ3v) is 18.7. The summed E-state index contributed by atoms with van der Waals surface area (Å²) in [6, 6.07) is 8.46. The molecule has 410 valence electrons. The van der Waals surface area contributed by atoms with Gasteiger partial charge in [0.1, 0.15) is 59.5 Å². The Bertz CT molecular complexity index is 2190. The maximum absolute atomic E-state index is 13.7. The molecule has 15 unspecified atom stereocenters. The van der Waals surface area contributed by atoms with Crippen LogP contribution in [0.3, 0.4) is 0 Å². The van der Waals surface area contributed by atoms with Gasteiger partial charge in [0, 0.05) is 45.7 Å². The molecule has 7 aliphatic rings. The number of hydrogen-bond donors (Lipinski definition) is 5. The molecule has 3 aliphatic heterocycles. The molecular formula is C55H82O18. The lowest BCUT2D eigenvalue weighted by atomic mass is 9.42. The second kappa shape index (κ2) is 21.1. The van der Waals surface area contributed by atoms with Crippen LogP contribution < -0.4 is 0 Å². The van der Waals surface area contributed by atoms with Gasteiger partial charge >= 0.3 is 11.9 Å². The molecule has 18 heteroatoms. The summed E-state index contributed by atoms with van der Waals surface area (Å²) in [5.41, 5.74) is -6.25. The lowest BCUT2D eigenvalue weighted by Crippen LogP contribution is -2.78. The lowest BCUT2D eigenvalue weighted by Gasteiger charge is -2.67. The average Bonchev–Trinajstić information content (AvgIpc) is 3.59. The third-order valence-electron chi connectivity index (χ3n) is 18.7. The monoisotopic (exact) mass is 1030 g/mol. The topological polar surface area (TPSA) is 237 Å². The first-order chi connectivity index (χ1) is 34.4. The number of hydrogen-bond acceptors (Lipinski definition) is 18. The van der Waals surface area contributed by atoms with Crippen LogP contribution in [0.1, 0.15) is 130 Å². The smallest absolute Gasteiger partial charge is 0.338 e. The first kappa shape index (κ1) is 56.3. The SMILES string of the molecule is C/C=C(/C)C(=O)O[C@@H]1CC2[C@@]3(C)CC[C@H](OC4(C)CC(OC)C(OC5CC(OC)C(OC6OC(C)C(O)C(OC)C6O)C(C)O5)C(C)O4)CC3=CC[C@@]2(O)[C@@]2(O)CC[C@@](O)(C(C)OC(=O)c3ccccc3)[C@@]12C. The van der Waals surface area contributed by atoms with Crippen LogP contribution in [0.2, 0.25) is 0 Å². The van der Waals surface area contributed by atoms with Crippen LogP contribution in [-0.4, -0.2) is 173 Å². The van der Waals surface area contributed by atoms with Crippen LogP contribution in [-0.2, 0) is 56.9 Å². The van der Waals surface area contributed by atoms with E-state index in [1.807, 2.05) is 26.8 Å². The quantitative estimate of drug-likeness (QED) is 0.0940. The van der Waals surface area contributed by atoms with Crippen LogP contribution >= 0.6 is 0 Å². The Balaban J connectivity index is 0.956. The fraction of sp³-hybridized carbons (Fsp3) is 0.782. The van der Waals surface area contributed by atoms with E-state index in [4.69, 9.17) is 52.1 Å². The number of esters is 2. The van der Waals surface area contributed by atoms with E-state index in [9.17, 15) is 35.1 Å². The van der Waals surface area contributed by atoms with E-state index < -0.39 is 137 Å². The summed E-state index contributed by atoms with van der Waals surface area (Å²) >= 11 is 0. The molecule has 22 atom stereocenters. The van der Waals surface area contributed by atoms with Gasteiger partial charge in [-0.1, -0.05) is 49.8 Å². The predicted octanol–water partition coefficient (Wildman–Crippen LogP) is 4.97. The van der Waals surface area contributed by atoms with Gasteiger partial charge in [0.05, 0.1) is 47.6 Å². The summed E-state index contributed by atoms with van der Waals surface area (Å²) in [6.45, 7) is 16.1. The van der Waals surface area contributed by atoms with Gasteiger partial charge in [-0.2, -0.15) is 0 Å². The molecule has 0 bridgehead atoms. The standard InChI is InChI=1S/C55H82O18/c1-13-29(2)47(58)69-40-27-39-50(7)21-20-36(25-35(50)19-22-54(39,61)55(62)24-23-53(60,52(40,55)9)33(6)68-48(59)34-17-15-14-16-18-34)73-51(8)28-38(64-11)45(32(5)72-51)70-41-26-37(63-10)44(31(4)66-41)71-49-43(57)46(65-12)42(56)30(3)67-49/h13-19,30-33,36-46,49,56-57,60-62H,20-28H2,1-12H3/b29-13-/t30?,31?,32?,33?,36-,37?,38?,39?,40+,41?,42?,43?,44?,45?,46?,49?,50-,51?,52+,53+,54-,55+/m0/s1. The van der Waals surface area contributed by atoms with Gasteiger partial charge in [-0.05, 0) is 111 Å². The van der Waals surface area contributed by atoms with E-state index >= 15 is 0 Å². The van der Waals surface area contributed by atoms with Gasteiger partial charge in [-0.15, -0.1) is 0 Å². The minimum atomic E-state index is -1.97. The number of aliphatic hydroxyl groups is 5. The van der Waals surface area contributed by atoms with Gasteiger partial charge in [-0.25, -0.2) is 9.59 Å². The molecule has 73 heavy (non-hydrogen) atoms. The number of carbonyl (C=O) groups excluding carboxylic acids is 2. The normalized spacial score (nSPS) is 47.3. The molecule has 3 heterocycles. The van der Waals surface area contributed by atoms with Gasteiger partial charge < -0.3 is 77.6 Å². The average molecular weight is 1030 g/mol. The Morgan fingerprint density at radius 3 is 2.16 bits per heavy atom. The fourth-order valence-corrected chi connectivity index (χ4v) is 14.2. The molecule has 4 aliphatic carbocycles. The van der Waals surface area contributed by atoms with Gasteiger partial charge in [0.25, 0.3) is 0 Å². The molecule has 8 rings (SSSR count). The van der Waals surface area contributed by atoms with Crippen molar-refractivity contribution in [1.29, 1.82) is 0 Å². The van der Waals surface area contributed by atoms with Crippen molar-refractivity contribution in [3.05, 3.63) is 59.2 Å². The van der Waals surface area contributed by atoms with Crippen molar-refractivity contribution in [3.63, 3.8) is 0 Å². The summed E-state index contributed by atoms with van der Waals surface area (Å²) < 4.78 is 68.4. The number of ether oxygens (including phenoxy) is 11. The van der Waals surface area contributed by atoms with E-state index in [1.165, 1.54) is 7.11 Å². The highest BCUT2D eigenvalue weighted by Gasteiger charge is 2.81. The Morgan fingerprint density at radius 2 is 1.51 bits per heavy atom. The van der Waals surface area contributed by atoms with Crippen molar-refractivity contribution in [1.82, 2.24) is 0 Å². The Kier molecular flexibility index (Phi) is 16.3. The zero-order chi connectivity index (χ0) is 53.2. The molecule has 5 N–H and O–H groups in total. The molecule has 0 amide bonds. The van der Waals surface area contributed by atoms with Crippen LogP contribution in [0.5, 0.6) is 0 Å². The van der Waals surface area contributed by atoms with Gasteiger partial charge in [0.2, 0.25) is 0 Å². The minimum Gasteiger partial charge on any atom is -0.458 e. The summed E-state index contributed by atoms with van der Waals surface area (Å²) in [4.78, 5) is 27.1. The number of methoxy groups -OCH3 is 3. The van der Waals surface area contributed by atoms with Crippen LogP contribution in [0.4, 0.5) is 0 Å². The van der Waals surface area contributed by atoms with E-state index in [1.54, 1.807) is 85.2 Å². The summed E-state index contributed by atoms with van der Waals surface area (Å²) in [5.74, 6) is -2.91. The summed E-state index contributed by atoms with van der Waals surface area (Å²) in [6.07, 6.45) is -5.25. The van der Waals surface area contributed by atoms with Crippen LogP contribution in [0, 0.1) is 16.7 Å². The van der Waals surface area contributed by atoms with Gasteiger partial charge in [0.15, 0.2) is 18.4 Å². The highest BCUT2D eigenvalue weighted by atomic mass is 16.8. The molecule has 3 saturated carbocycles. The van der Waals surface area contributed by atoms with E-state index in [2.05, 4.69) is 6.92 Å². The number of fused-ring (bicyclic) bond motifs is 5. The lowest BCUT2D eigenvalue weighted by molar-refractivity contribution is -0.364. The van der Waals surface area contributed by atoms with Crippen molar-refractivity contribution in [3.8, 4) is 0 Å². The maximum atomic E-state index is 13.7. The summed E-state index contributed by atoms with van der Waals surface area (Å²) in [7, 11) is 4.61. The Hall–Kier alpha value is -2.92. The number of aliphatic hydroxyl groups excluding tert-OH is 2. The second-order valence-corrected chi connectivity index (χ2v) is 22.6. The predicted molar refractivity (Wildman–Crippen MR) is 261 cm³/mol. The van der Waals surface area contributed by atoms with E-state index in [-0.39, 0.29) is 31.8 Å². The van der Waals surface area contributed by atoms with Crippen molar-refractivity contribution >= 4 is 11.9 Å². The minimum absolute atomic E-state index is 0.0239. The molecule has 3 saturated heterocycles. The molecular weight excluding hydrogens is 949 g/mol. The van der Waals surface area contributed by atoms with Gasteiger partial charge in [-0.3, -0.25) is 0 Å². The van der Waals surface area contributed by atoms with Crippen molar-refractivity contribution in [2.45, 2.75) is 235 Å². The summed E-state index contributed by atoms with van der Waals surface area (Å²) in [5, 5.41) is 60.9. The molecule has 18 nitrogen and oxygen atoms in total. The molecule has 0 radical (unpaired) electrons. The first-order valence-corrected chi connectivity index (χ1v) is 26.3. The highest BCUT2D eigenvalue weighted by molar-refractivity contribution is 5.89. The number of rotatable bonds is 14. The second-order valence-electron chi connectivity index (χ2n) is 22.6.